The van der Waals surface area contributed by atoms with Gasteiger partial charge in [-0.3, -0.25) is 0 Å². The monoisotopic (exact) mass is 284 g/mol. The van der Waals surface area contributed by atoms with Gasteiger partial charge in [-0.15, -0.1) is 0 Å². The van der Waals surface area contributed by atoms with Crippen molar-refractivity contribution in [1.82, 2.24) is 10.6 Å². The van der Waals surface area contributed by atoms with Gasteiger partial charge in [-0.2, -0.15) is 0 Å². The summed E-state index contributed by atoms with van der Waals surface area (Å²) in [6, 6.07) is 6.87. The molecule has 1 aromatic rings. The molecule has 3 heteroatoms. The van der Waals surface area contributed by atoms with Crippen LogP contribution in [0.4, 0.5) is 0 Å². The first-order valence-corrected chi connectivity index (χ1v) is 6.62. The summed E-state index contributed by atoms with van der Waals surface area (Å²) in [5.41, 5.74) is 2.61. The molecule has 90 valence electrons. The molecule has 0 aromatic heterocycles. The van der Waals surface area contributed by atoms with Crippen molar-refractivity contribution in [3.05, 3.63) is 33.8 Å². The average Bonchev–Trinajstić information content (AvgIpc) is 2.28. The van der Waals surface area contributed by atoms with Crippen LogP contribution in [-0.4, -0.2) is 19.1 Å². The van der Waals surface area contributed by atoms with Crippen molar-refractivity contribution in [1.29, 1.82) is 0 Å². The van der Waals surface area contributed by atoms with Crippen molar-refractivity contribution in [2.24, 2.45) is 0 Å². The molecule has 0 fully saturated rings. The third-order valence-electron chi connectivity index (χ3n) is 2.61. The molecule has 1 atom stereocenters. The number of hydrogen-bond donors (Lipinski definition) is 2. The summed E-state index contributed by atoms with van der Waals surface area (Å²) in [5, 5.41) is 6.85. The van der Waals surface area contributed by atoms with E-state index < -0.39 is 0 Å². The topological polar surface area (TPSA) is 24.1 Å². The van der Waals surface area contributed by atoms with E-state index in [0.717, 1.165) is 19.6 Å². The van der Waals surface area contributed by atoms with Gasteiger partial charge in [-0.05, 0) is 31.5 Å². The molecule has 0 bridgehead atoms. The van der Waals surface area contributed by atoms with Gasteiger partial charge in [-0.1, -0.05) is 41.1 Å². The number of nitrogens with one attached hydrogen (secondary N) is 2. The minimum atomic E-state index is 0.493. The van der Waals surface area contributed by atoms with Crippen LogP contribution in [0.2, 0.25) is 0 Å². The molecule has 1 unspecified atom stereocenters. The zero-order valence-electron chi connectivity index (χ0n) is 10.3. The van der Waals surface area contributed by atoms with Crippen LogP contribution in [0.15, 0.2) is 22.7 Å². The maximum Gasteiger partial charge on any atom is 0.0249 e. The van der Waals surface area contributed by atoms with Crippen molar-refractivity contribution < 1.29 is 0 Å². The molecule has 1 rings (SSSR count). The summed E-state index contributed by atoms with van der Waals surface area (Å²) in [5.74, 6) is 0. The normalized spacial score (nSPS) is 12.8. The van der Waals surface area contributed by atoms with Gasteiger partial charge in [0.2, 0.25) is 0 Å². The quantitative estimate of drug-likeness (QED) is 0.840. The molecule has 0 saturated carbocycles. The molecular weight excluding hydrogens is 264 g/mol. The lowest BCUT2D eigenvalue weighted by Crippen LogP contribution is -2.35. The number of likely N-dealkylation sites (N-methyl/N-ethyl adjacent to an activating group) is 1. The highest BCUT2D eigenvalue weighted by molar-refractivity contribution is 9.10. The van der Waals surface area contributed by atoms with Gasteiger partial charge in [0.25, 0.3) is 0 Å². The zero-order chi connectivity index (χ0) is 12.0. The number of benzene rings is 1. The Morgan fingerprint density at radius 2 is 2.12 bits per heavy atom. The number of aryl methyl sites for hydroxylation is 1. The van der Waals surface area contributed by atoms with Crippen molar-refractivity contribution in [2.75, 3.05) is 13.1 Å². The first kappa shape index (κ1) is 13.7. The molecular formula is C13H21BrN2. The standard InChI is InChI=1S/C13H21BrN2/c1-4-15-8-11(3)16-9-12-7-5-6-10(2)13(12)14/h5-7,11,15-16H,4,8-9H2,1-3H3. The molecule has 0 radical (unpaired) electrons. The van der Waals surface area contributed by atoms with E-state index >= 15 is 0 Å². The third-order valence-corrected chi connectivity index (χ3v) is 3.75. The second-order valence-electron chi connectivity index (χ2n) is 4.14. The Morgan fingerprint density at radius 1 is 1.38 bits per heavy atom. The summed E-state index contributed by atoms with van der Waals surface area (Å²) >= 11 is 3.63. The van der Waals surface area contributed by atoms with E-state index in [9.17, 15) is 0 Å². The van der Waals surface area contributed by atoms with Crippen LogP contribution >= 0.6 is 15.9 Å². The van der Waals surface area contributed by atoms with Gasteiger partial charge in [-0.25, -0.2) is 0 Å². The molecule has 2 N–H and O–H groups in total. The molecule has 0 heterocycles. The van der Waals surface area contributed by atoms with E-state index in [1.807, 2.05) is 0 Å². The van der Waals surface area contributed by atoms with Crippen LogP contribution < -0.4 is 10.6 Å². The predicted molar refractivity (Wildman–Crippen MR) is 73.7 cm³/mol. The fourth-order valence-electron chi connectivity index (χ4n) is 1.56. The number of halogens is 1. The molecule has 0 amide bonds. The Morgan fingerprint density at radius 3 is 2.81 bits per heavy atom. The minimum absolute atomic E-state index is 0.493. The number of hydrogen-bond acceptors (Lipinski definition) is 2. The van der Waals surface area contributed by atoms with Crippen LogP contribution in [0, 0.1) is 6.92 Å². The van der Waals surface area contributed by atoms with Gasteiger partial charge in [0.1, 0.15) is 0 Å². The second kappa shape index (κ2) is 7.05. The molecule has 0 aliphatic carbocycles. The second-order valence-corrected chi connectivity index (χ2v) is 4.93. The molecule has 0 aliphatic rings. The highest BCUT2D eigenvalue weighted by atomic mass is 79.9. The smallest absolute Gasteiger partial charge is 0.0249 e. The van der Waals surface area contributed by atoms with E-state index in [4.69, 9.17) is 0 Å². The summed E-state index contributed by atoms with van der Waals surface area (Å²) in [6.45, 7) is 9.40. The van der Waals surface area contributed by atoms with E-state index in [1.54, 1.807) is 0 Å². The molecule has 1 aromatic carbocycles. The summed E-state index contributed by atoms with van der Waals surface area (Å²) in [4.78, 5) is 0. The van der Waals surface area contributed by atoms with Gasteiger partial charge < -0.3 is 10.6 Å². The first-order valence-electron chi connectivity index (χ1n) is 5.83. The van der Waals surface area contributed by atoms with Gasteiger partial charge >= 0.3 is 0 Å². The molecule has 0 spiro atoms. The van der Waals surface area contributed by atoms with Crippen molar-refractivity contribution >= 4 is 15.9 Å². The Kier molecular flexibility index (Phi) is 6.03. The predicted octanol–water partition coefficient (Wildman–Crippen LogP) is 2.85. The number of rotatable bonds is 6. The fraction of sp³-hybridized carbons (Fsp3) is 0.538. The third kappa shape index (κ3) is 4.24. The Hall–Kier alpha value is -0.380. The largest absolute Gasteiger partial charge is 0.315 e. The summed E-state index contributed by atoms with van der Waals surface area (Å²) in [6.07, 6.45) is 0. The van der Waals surface area contributed by atoms with Crippen LogP contribution in [-0.2, 0) is 6.54 Å². The maximum atomic E-state index is 3.63. The van der Waals surface area contributed by atoms with Crippen LogP contribution in [0.1, 0.15) is 25.0 Å². The van der Waals surface area contributed by atoms with E-state index in [-0.39, 0.29) is 0 Å². The van der Waals surface area contributed by atoms with Gasteiger partial charge in [0.05, 0.1) is 0 Å². The SMILES string of the molecule is CCNCC(C)NCc1cccc(C)c1Br. The lowest BCUT2D eigenvalue weighted by atomic mass is 10.1. The summed E-state index contributed by atoms with van der Waals surface area (Å²) in [7, 11) is 0. The van der Waals surface area contributed by atoms with Crippen LogP contribution in [0.3, 0.4) is 0 Å². The molecule has 0 aliphatic heterocycles. The minimum Gasteiger partial charge on any atom is -0.315 e. The average molecular weight is 285 g/mol. The molecule has 2 nitrogen and oxygen atoms in total. The van der Waals surface area contributed by atoms with Gasteiger partial charge in [0, 0.05) is 23.6 Å². The Labute approximate surface area is 107 Å². The fourth-order valence-corrected chi connectivity index (χ4v) is 1.97. The highest BCUT2D eigenvalue weighted by Crippen LogP contribution is 2.20. The van der Waals surface area contributed by atoms with Crippen molar-refractivity contribution in [2.45, 2.75) is 33.4 Å². The van der Waals surface area contributed by atoms with E-state index in [2.05, 4.69) is 65.5 Å². The molecule has 16 heavy (non-hydrogen) atoms. The van der Waals surface area contributed by atoms with Crippen molar-refractivity contribution in [3.63, 3.8) is 0 Å². The highest BCUT2D eigenvalue weighted by Gasteiger charge is 2.04. The Bertz CT molecular complexity index is 326. The van der Waals surface area contributed by atoms with Gasteiger partial charge in [0.15, 0.2) is 0 Å². The van der Waals surface area contributed by atoms with Crippen LogP contribution in [0.5, 0.6) is 0 Å². The maximum absolute atomic E-state index is 3.63. The lowest BCUT2D eigenvalue weighted by molar-refractivity contribution is 0.508. The van der Waals surface area contributed by atoms with Crippen molar-refractivity contribution in [3.8, 4) is 0 Å². The molecule has 0 saturated heterocycles. The zero-order valence-corrected chi connectivity index (χ0v) is 11.9. The van der Waals surface area contributed by atoms with Crippen LogP contribution in [0.25, 0.3) is 0 Å². The summed E-state index contributed by atoms with van der Waals surface area (Å²) < 4.78 is 1.22. The van der Waals surface area contributed by atoms with E-state index in [0.29, 0.717) is 6.04 Å². The lowest BCUT2D eigenvalue weighted by Gasteiger charge is -2.15. The first-order chi connectivity index (χ1) is 7.65. The Balaban J connectivity index is 2.45. The van der Waals surface area contributed by atoms with E-state index in [1.165, 1.54) is 15.6 Å².